The summed E-state index contributed by atoms with van der Waals surface area (Å²) in [5, 5.41) is 0.874. The van der Waals surface area contributed by atoms with Crippen molar-refractivity contribution in [2.24, 2.45) is 0 Å². The molecule has 0 unspecified atom stereocenters. The van der Waals surface area contributed by atoms with Crippen LogP contribution < -0.4 is 4.90 Å². The molecule has 0 bridgehead atoms. The Kier molecular flexibility index (Phi) is 5.01. The lowest BCUT2D eigenvalue weighted by atomic mass is 10.0. The molecule has 0 N–H and O–H groups in total. The first-order chi connectivity index (χ1) is 8.74. The number of hydrogen-bond donors (Lipinski definition) is 0. The van der Waals surface area contributed by atoms with Crippen LogP contribution in [0.5, 0.6) is 0 Å². The highest BCUT2D eigenvalue weighted by Gasteiger charge is 2.22. The maximum absolute atomic E-state index is 4.55. The predicted octanol–water partition coefficient (Wildman–Crippen LogP) is 2.90. The predicted molar refractivity (Wildman–Crippen MR) is 80.4 cm³/mol. The van der Waals surface area contributed by atoms with Crippen molar-refractivity contribution >= 4 is 21.7 Å². The first-order valence-electron chi connectivity index (χ1n) is 6.70. The average Bonchev–Trinajstić information content (AvgIpc) is 2.47. The first kappa shape index (κ1) is 13.8. The molecule has 0 spiro atoms. The van der Waals surface area contributed by atoms with Crippen LogP contribution in [0.4, 0.5) is 5.82 Å². The second-order valence-electron chi connectivity index (χ2n) is 4.93. The van der Waals surface area contributed by atoms with Gasteiger partial charge < -0.3 is 9.80 Å². The number of aromatic nitrogens is 1. The van der Waals surface area contributed by atoms with Gasteiger partial charge in [-0.05, 0) is 31.0 Å². The summed E-state index contributed by atoms with van der Waals surface area (Å²) in [6.45, 7) is 5.84. The zero-order valence-corrected chi connectivity index (χ0v) is 12.9. The van der Waals surface area contributed by atoms with Gasteiger partial charge in [-0.25, -0.2) is 4.98 Å². The van der Waals surface area contributed by atoms with Gasteiger partial charge in [-0.1, -0.05) is 28.9 Å². The molecule has 1 aromatic heterocycles. The van der Waals surface area contributed by atoms with Crippen molar-refractivity contribution in [1.82, 2.24) is 9.88 Å². The van der Waals surface area contributed by atoms with Crippen molar-refractivity contribution in [2.45, 2.75) is 31.1 Å². The van der Waals surface area contributed by atoms with Gasteiger partial charge in [0.1, 0.15) is 5.82 Å². The Balaban J connectivity index is 1.96. The van der Waals surface area contributed by atoms with Gasteiger partial charge in [-0.3, -0.25) is 0 Å². The van der Waals surface area contributed by atoms with Gasteiger partial charge in [0.05, 0.1) is 0 Å². The van der Waals surface area contributed by atoms with Crippen LogP contribution >= 0.6 is 15.9 Å². The minimum absolute atomic E-state index is 0.634. The third-order valence-electron chi connectivity index (χ3n) is 3.88. The zero-order chi connectivity index (χ0) is 13.0. The van der Waals surface area contributed by atoms with Crippen LogP contribution in [0.25, 0.3) is 0 Å². The molecule has 2 rings (SSSR count). The minimum Gasteiger partial charge on any atom is -0.357 e. The maximum atomic E-state index is 4.55. The third-order valence-corrected chi connectivity index (χ3v) is 4.52. The molecule has 0 radical (unpaired) electrons. The van der Waals surface area contributed by atoms with Crippen molar-refractivity contribution in [3.63, 3.8) is 0 Å². The van der Waals surface area contributed by atoms with Gasteiger partial charge in [0.25, 0.3) is 0 Å². The highest BCUT2D eigenvalue weighted by Crippen LogP contribution is 2.20. The summed E-state index contributed by atoms with van der Waals surface area (Å²) >= 11 is 3.45. The molecule has 1 aliphatic heterocycles. The Bertz CT molecular complexity index is 358. The van der Waals surface area contributed by atoms with E-state index in [9.17, 15) is 0 Å². The van der Waals surface area contributed by atoms with Crippen LogP contribution in [-0.2, 0) is 5.33 Å². The summed E-state index contributed by atoms with van der Waals surface area (Å²) in [5.74, 6) is 1.09. The largest absolute Gasteiger partial charge is 0.357 e. The van der Waals surface area contributed by atoms with Crippen LogP contribution in [0.1, 0.15) is 25.3 Å². The van der Waals surface area contributed by atoms with E-state index in [1.807, 2.05) is 6.20 Å². The maximum Gasteiger partial charge on any atom is 0.128 e. The lowest BCUT2D eigenvalue weighted by Gasteiger charge is -2.36. The molecule has 1 saturated heterocycles. The topological polar surface area (TPSA) is 19.4 Å². The second-order valence-corrected chi connectivity index (χ2v) is 5.50. The van der Waals surface area contributed by atoms with Crippen molar-refractivity contribution in [1.29, 1.82) is 0 Å². The number of hydrogen-bond acceptors (Lipinski definition) is 3. The number of piperidine rings is 1. The van der Waals surface area contributed by atoms with Crippen molar-refractivity contribution in [2.75, 3.05) is 31.6 Å². The van der Waals surface area contributed by atoms with E-state index >= 15 is 0 Å². The van der Waals surface area contributed by atoms with Gasteiger partial charge in [0.15, 0.2) is 0 Å². The number of pyridine rings is 1. The quantitative estimate of drug-likeness (QED) is 0.797. The molecule has 100 valence electrons. The summed E-state index contributed by atoms with van der Waals surface area (Å²) in [6.07, 6.45) is 4.44. The summed E-state index contributed by atoms with van der Waals surface area (Å²) in [4.78, 5) is 9.40. The average molecular weight is 312 g/mol. The smallest absolute Gasteiger partial charge is 0.128 e. The molecule has 3 nitrogen and oxygen atoms in total. The summed E-state index contributed by atoms with van der Waals surface area (Å²) in [6, 6.07) is 4.91. The van der Waals surface area contributed by atoms with Gasteiger partial charge in [0.2, 0.25) is 0 Å². The molecule has 0 saturated carbocycles. The van der Waals surface area contributed by atoms with E-state index in [2.05, 4.69) is 56.8 Å². The molecule has 18 heavy (non-hydrogen) atoms. The van der Waals surface area contributed by atoms with E-state index in [0.29, 0.717) is 6.04 Å². The molecule has 0 amide bonds. The van der Waals surface area contributed by atoms with Gasteiger partial charge in [-0.2, -0.15) is 0 Å². The number of likely N-dealkylation sites (tertiary alicyclic amines) is 1. The summed E-state index contributed by atoms with van der Waals surface area (Å²) in [5.41, 5.74) is 1.23. The van der Waals surface area contributed by atoms with E-state index < -0.39 is 0 Å². The molecule has 1 aliphatic rings. The fourth-order valence-electron chi connectivity index (χ4n) is 2.51. The zero-order valence-electron chi connectivity index (χ0n) is 11.3. The molecular formula is C14H22BrN3. The van der Waals surface area contributed by atoms with Crippen molar-refractivity contribution < 1.29 is 0 Å². The molecule has 2 heterocycles. The van der Waals surface area contributed by atoms with Crippen molar-refractivity contribution in [3.8, 4) is 0 Å². The number of rotatable bonds is 4. The monoisotopic (exact) mass is 311 g/mol. The van der Waals surface area contributed by atoms with Crippen LogP contribution in [0.2, 0.25) is 0 Å². The molecule has 0 atom stereocenters. The molecule has 4 heteroatoms. The van der Waals surface area contributed by atoms with E-state index in [0.717, 1.165) is 11.1 Å². The number of nitrogens with zero attached hydrogens (tertiary/aromatic N) is 3. The number of alkyl halides is 1. The fraction of sp³-hybridized carbons (Fsp3) is 0.643. The fourth-order valence-corrected chi connectivity index (χ4v) is 2.85. The number of halogens is 1. The van der Waals surface area contributed by atoms with E-state index in [1.54, 1.807) is 0 Å². The normalized spacial score (nSPS) is 17.9. The van der Waals surface area contributed by atoms with Gasteiger partial charge in [0, 0.05) is 37.7 Å². The van der Waals surface area contributed by atoms with Gasteiger partial charge >= 0.3 is 0 Å². The minimum atomic E-state index is 0.634. The lowest BCUT2D eigenvalue weighted by Crippen LogP contribution is -2.43. The highest BCUT2D eigenvalue weighted by molar-refractivity contribution is 9.08. The molecule has 0 aromatic carbocycles. The Labute approximate surface area is 118 Å². The Morgan fingerprint density at radius 3 is 2.61 bits per heavy atom. The second kappa shape index (κ2) is 6.53. The molecule has 1 fully saturated rings. The Morgan fingerprint density at radius 2 is 2.11 bits per heavy atom. The van der Waals surface area contributed by atoms with Crippen LogP contribution in [0.15, 0.2) is 18.3 Å². The molecule has 0 aliphatic carbocycles. The standard InChI is InChI=1S/C14H22BrN3/c1-3-18-8-6-13(7-9-18)17(2)14-5-4-12(10-15)11-16-14/h4-5,11,13H,3,6-10H2,1-2H3. The van der Waals surface area contributed by atoms with E-state index in [4.69, 9.17) is 0 Å². The first-order valence-corrected chi connectivity index (χ1v) is 7.82. The highest BCUT2D eigenvalue weighted by atomic mass is 79.9. The van der Waals surface area contributed by atoms with Crippen LogP contribution in [0, 0.1) is 0 Å². The molecular weight excluding hydrogens is 290 g/mol. The van der Waals surface area contributed by atoms with E-state index in [1.165, 1.54) is 38.0 Å². The summed E-state index contributed by atoms with van der Waals surface area (Å²) in [7, 11) is 2.17. The van der Waals surface area contributed by atoms with E-state index in [-0.39, 0.29) is 0 Å². The van der Waals surface area contributed by atoms with Gasteiger partial charge in [-0.15, -0.1) is 0 Å². The Hall–Kier alpha value is -0.610. The molecule has 1 aromatic rings. The summed E-state index contributed by atoms with van der Waals surface area (Å²) < 4.78 is 0. The Morgan fingerprint density at radius 1 is 1.39 bits per heavy atom. The van der Waals surface area contributed by atoms with Crippen LogP contribution in [-0.4, -0.2) is 42.6 Å². The third kappa shape index (κ3) is 3.23. The van der Waals surface area contributed by atoms with Crippen molar-refractivity contribution in [3.05, 3.63) is 23.9 Å². The lowest BCUT2D eigenvalue weighted by molar-refractivity contribution is 0.220. The number of anilines is 1. The SMILES string of the molecule is CCN1CCC(N(C)c2ccc(CBr)cn2)CC1. The van der Waals surface area contributed by atoms with Crippen LogP contribution in [0.3, 0.4) is 0 Å².